The maximum absolute atomic E-state index is 9.44. The number of ketones is 1. The number of carbonyl (C=O) groups excluding carboxylic acids is 1. The largest absolute Gasteiger partial charge is 0.496 e. The minimum absolute atomic E-state index is 0.167. The number of para-hydroxylation sites is 1. The van der Waals surface area contributed by atoms with Gasteiger partial charge in [-0.15, -0.1) is 11.6 Å². The number of methoxy groups -OCH3 is 1. The van der Waals surface area contributed by atoms with Crippen molar-refractivity contribution in [3.05, 3.63) is 29.8 Å². The van der Waals surface area contributed by atoms with Gasteiger partial charge in [0, 0.05) is 5.56 Å². The van der Waals surface area contributed by atoms with Crippen LogP contribution in [-0.2, 0) is 10.7 Å². The third-order valence-electron chi connectivity index (χ3n) is 1.34. The van der Waals surface area contributed by atoms with Gasteiger partial charge in [-0.25, -0.2) is 0 Å². The van der Waals surface area contributed by atoms with Crippen LogP contribution >= 0.6 is 11.6 Å². The Morgan fingerprint density at radius 1 is 1.36 bits per heavy atom. The first kappa shape index (κ1) is 13.0. The molecule has 0 saturated heterocycles. The van der Waals surface area contributed by atoms with E-state index in [1.807, 2.05) is 24.3 Å². The number of hydrogen-bond donors (Lipinski definition) is 0. The predicted molar refractivity (Wildman–Crippen MR) is 58.9 cm³/mol. The second kappa shape index (κ2) is 7.39. The molecule has 0 saturated carbocycles. The molecule has 0 radical (unpaired) electrons. The number of rotatable bonds is 2. The van der Waals surface area contributed by atoms with Gasteiger partial charge in [0.25, 0.3) is 0 Å². The summed E-state index contributed by atoms with van der Waals surface area (Å²) < 4.78 is 5.05. The van der Waals surface area contributed by atoms with Gasteiger partial charge in [-0.1, -0.05) is 18.2 Å². The smallest absolute Gasteiger partial charge is 0.126 e. The second-order valence-electron chi connectivity index (χ2n) is 2.85. The first-order chi connectivity index (χ1) is 6.61. The van der Waals surface area contributed by atoms with Crippen molar-refractivity contribution < 1.29 is 9.53 Å². The summed E-state index contributed by atoms with van der Waals surface area (Å²) in [6.45, 7) is 3.06. The van der Waals surface area contributed by atoms with E-state index < -0.39 is 0 Å². The first-order valence-corrected chi connectivity index (χ1v) is 4.80. The Bertz CT molecular complexity index is 257. The van der Waals surface area contributed by atoms with Gasteiger partial charge < -0.3 is 9.53 Å². The highest BCUT2D eigenvalue weighted by molar-refractivity contribution is 6.17. The molecule has 0 heterocycles. The van der Waals surface area contributed by atoms with E-state index in [0.717, 1.165) is 11.3 Å². The van der Waals surface area contributed by atoms with Crippen LogP contribution in [0.25, 0.3) is 0 Å². The van der Waals surface area contributed by atoms with E-state index in [9.17, 15) is 4.79 Å². The summed E-state index contributed by atoms with van der Waals surface area (Å²) >= 11 is 5.63. The molecule has 0 fully saturated rings. The average Bonchev–Trinajstić information content (AvgIpc) is 2.17. The molecule has 0 N–H and O–H groups in total. The summed E-state index contributed by atoms with van der Waals surface area (Å²) in [6, 6.07) is 7.72. The summed E-state index contributed by atoms with van der Waals surface area (Å²) in [6.07, 6.45) is 0. The first-order valence-electron chi connectivity index (χ1n) is 4.26. The van der Waals surface area contributed by atoms with E-state index in [4.69, 9.17) is 16.3 Å². The zero-order valence-electron chi connectivity index (χ0n) is 8.71. The van der Waals surface area contributed by atoms with Crippen molar-refractivity contribution in [2.24, 2.45) is 0 Å². The minimum Gasteiger partial charge on any atom is -0.496 e. The quantitative estimate of drug-likeness (QED) is 0.708. The molecular weight excluding hydrogens is 200 g/mol. The summed E-state index contributed by atoms with van der Waals surface area (Å²) in [4.78, 5) is 9.44. The lowest BCUT2D eigenvalue weighted by Gasteiger charge is -2.02. The topological polar surface area (TPSA) is 26.3 Å². The third-order valence-corrected chi connectivity index (χ3v) is 1.62. The molecule has 0 aliphatic carbocycles. The van der Waals surface area contributed by atoms with Crippen molar-refractivity contribution in [2.45, 2.75) is 19.7 Å². The number of Topliss-reactive ketones (excluding diaryl/α,β-unsaturated/α-hetero) is 1. The molecular formula is C11H15ClO2. The number of carbonyl (C=O) groups is 1. The van der Waals surface area contributed by atoms with Gasteiger partial charge in [-0.2, -0.15) is 0 Å². The number of halogens is 1. The molecule has 0 spiro atoms. The minimum atomic E-state index is 0.167. The number of alkyl halides is 1. The fraction of sp³-hybridized carbons (Fsp3) is 0.364. The van der Waals surface area contributed by atoms with Crippen molar-refractivity contribution in [3.63, 3.8) is 0 Å². The molecule has 0 aliphatic heterocycles. The molecule has 1 aromatic carbocycles. The molecule has 3 heteroatoms. The van der Waals surface area contributed by atoms with E-state index in [0.29, 0.717) is 5.88 Å². The Kier molecular flexibility index (Phi) is 6.85. The van der Waals surface area contributed by atoms with E-state index in [-0.39, 0.29) is 5.78 Å². The van der Waals surface area contributed by atoms with Gasteiger partial charge in [-0.05, 0) is 19.9 Å². The molecule has 1 rings (SSSR count). The van der Waals surface area contributed by atoms with Crippen LogP contribution in [0.1, 0.15) is 19.4 Å². The van der Waals surface area contributed by atoms with Crippen molar-refractivity contribution in [1.82, 2.24) is 0 Å². The molecule has 2 nitrogen and oxygen atoms in total. The van der Waals surface area contributed by atoms with Gasteiger partial charge in [0.15, 0.2) is 0 Å². The van der Waals surface area contributed by atoms with Crippen LogP contribution in [0.5, 0.6) is 5.75 Å². The predicted octanol–water partition coefficient (Wildman–Crippen LogP) is 3.03. The lowest BCUT2D eigenvalue weighted by molar-refractivity contribution is -0.114. The normalized spacial score (nSPS) is 8.57. The summed E-state index contributed by atoms with van der Waals surface area (Å²) in [5, 5.41) is 0. The maximum atomic E-state index is 9.44. The summed E-state index contributed by atoms with van der Waals surface area (Å²) in [5.41, 5.74) is 1.03. The zero-order valence-corrected chi connectivity index (χ0v) is 9.47. The molecule has 1 aromatic rings. The number of hydrogen-bond acceptors (Lipinski definition) is 2. The van der Waals surface area contributed by atoms with Gasteiger partial charge in [0.2, 0.25) is 0 Å². The van der Waals surface area contributed by atoms with Crippen LogP contribution in [0.3, 0.4) is 0 Å². The fourth-order valence-electron chi connectivity index (χ4n) is 0.813. The van der Waals surface area contributed by atoms with Crippen LogP contribution in [0.4, 0.5) is 0 Å². The van der Waals surface area contributed by atoms with Crippen LogP contribution in [-0.4, -0.2) is 12.9 Å². The second-order valence-corrected chi connectivity index (χ2v) is 3.12. The highest BCUT2D eigenvalue weighted by atomic mass is 35.5. The number of benzene rings is 1. The van der Waals surface area contributed by atoms with Crippen molar-refractivity contribution >= 4 is 17.4 Å². The highest BCUT2D eigenvalue weighted by Crippen LogP contribution is 2.18. The third kappa shape index (κ3) is 5.60. The Morgan fingerprint density at radius 2 is 1.86 bits per heavy atom. The van der Waals surface area contributed by atoms with E-state index in [1.165, 1.54) is 13.8 Å². The van der Waals surface area contributed by atoms with Crippen LogP contribution < -0.4 is 4.74 Å². The zero-order chi connectivity index (χ0) is 11.0. The monoisotopic (exact) mass is 214 g/mol. The standard InChI is InChI=1S/C8H9ClO.C3H6O/c1-10-8-5-3-2-4-7(8)6-9;1-3(2)4/h2-5H,6H2,1H3;1-2H3. The maximum Gasteiger partial charge on any atom is 0.126 e. The molecule has 78 valence electrons. The Labute approximate surface area is 89.8 Å². The average molecular weight is 215 g/mol. The Hall–Kier alpha value is -1.02. The highest BCUT2D eigenvalue weighted by Gasteiger charge is 1.96. The van der Waals surface area contributed by atoms with Gasteiger partial charge in [-0.3, -0.25) is 0 Å². The van der Waals surface area contributed by atoms with Crippen molar-refractivity contribution in [3.8, 4) is 5.75 Å². The lowest BCUT2D eigenvalue weighted by atomic mass is 10.2. The molecule has 0 amide bonds. The van der Waals surface area contributed by atoms with Crippen molar-refractivity contribution in [2.75, 3.05) is 7.11 Å². The summed E-state index contributed by atoms with van der Waals surface area (Å²) in [5.74, 6) is 1.53. The molecule has 0 unspecified atom stereocenters. The van der Waals surface area contributed by atoms with Gasteiger partial charge in [0.1, 0.15) is 11.5 Å². The number of ether oxygens (including phenoxy) is 1. The molecule has 0 atom stereocenters. The Morgan fingerprint density at radius 3 is 2.21 bits per heavy atom. The van der Waals surface area contributed by atoms with Gasteiger partial charge >= 0.3 is 0 Å². The van der Waals surface area contributed by atoms with Crippen molar-refractivity contribution in [1.29, 1.82) is 0 Å². The molecule has 14 heavy (non-hydrogen) atoms. The lowest BCUT2D eigenvalue weighted by Crippen LogP contribution is -1.87. The van der Waals surface area contributed by atoms with E-state index in [2.05, 4.69) is 0 Å². The van der Waals surface area contributed by atoms with Crippen LogP contribution in [0.15, 0.2) is 24.3 Å². The molecule has 0 aliphatic rings. The van der Waals surface area contributed by atoms with E-state index in [1.54, 1.807) is 7.11 Å². The van der Waals surface area contributed by atoms with E-state index >= 15 is 0 Å². The SMILES string of the molecule is CC(C)=O.COc1ccccc1CCl. The Balaban J connectivity index is 0.000000364. The van der Waals surface area contributed by atoms with Gasteiger partial charge in [0.05, 0.1) is 13.0 Å². The molecule has 0 aromatic heterocycles. The summed E-state index contributed by atoms with van der Waals surface area (Å²) in [7, 11) is 1.64. The van der Waals surface area contributed by atoms with Crippen LogP contribution in [0, 0.1) is 0 Å². The molecule has 0 bridgehead atoms. The van der Waals surface area contributed by atoms with Crippen LogP contribution in [0.2, 0.25) is 0 Å². The fourth-order valence-corrected chi connectivity index (χ4v) is 1.03.